The zero-order valence-electron chi connectivity index (χ0n) is 32.2. The van der Waals surface area contributed by atoms with Crippen molar-refractivity contribution in [1.29, 1.82) is 0 Å². The molecular formula is C41H42N6O10. The average molecular weight is 779 g/mol. The molecule has 2 aromatic heterocycles. The van der Waals surface area contributed by atoms with Gasteiger partial charge in [0.15, 0.2) is 29.3 Å². The van der Waals surface area contributed by atoms with Gasteiger partial charge in [0.05, 0.1) is 45.3 Å². The summed E-state index contributed by atoms with van der Waals surface area (Å²) in [6, 6.07) is 20.7. The molecule has 0 aliphatic carbocycles. The Morgan fingerprint density at radius 2 is 1.58 bits per heavy atom. The molecule has 0 bridgehead atoms. The largest absolute Gasteiger partial charge is 0.508 e. The number of aromatic nitrogens is 4. The van der Waals surface area contributed by atoms with Crippen molar-refractivity contribution in [3.8, 4) is 74.0 Å². The van der Waals surface area contributed by atoms with E-state index in [0.29, 0.717) is 81.9 Å². The Morgan fingerprint density at radius 1 is 0.860 bits per heavy atom. The van der Waals surface area contributed by atoms with Crippen molar-refractivity contribution >= 4 is 11.8 Å². The van der Waals surface area contributed by atoms with Gasteiger partial charge >= 0.3 is 11.8 Å². The molecule has 0 spiro atoms. The molecule has 3 heterocycles. The highest BCUT2D eigenvalue weighted by atomic mass is 16.6. The van der Waals surface area contributed by atoms with E-state index in [1.165, 1.54) is 44.0 Å². The number of piperazine rings is 1. The highest BCUT2D eigenvalue weighted by Gasteiger charge is 2.32. The van der Waals surface area contributed by atoms with E-state index in [4.69, 9.17) is 28.2 Å². The molecular weight excluding hydrogens is 736 g/mol. The third-order valence-electron chi connectivity index (χ3n) is 9.84. The number of H-pyrrole nitrogens is 1. The molecule has 1 aliphatic rings. The van der Waals surface area contributed by atoms with Crippen LogP contribution in [0, 0.1) is 0 Å². The lowest BCUT2D eigenvalue weighted by atomic mass is 9.98. The number of carbonyl (C=O) groups is 1. The quantitative estimate of drug-likeness (QED) is 0.131. The van der Waals surface area contributed by atoms with Crippen molar-refractivity contribution in [2.24, 2.45) is 0 Å². The summed E-state index contributed by atoms with van der Waals surface area (Å²) in [5.41, 5.74) is 3.77. The highest BCUT2D eigenvalue weighted by molar-refractivity contribution is 5.82. The van der Waals surface area contributed by atoms with Crippen LogP contribution in [0.1, 0.15) is 25.3 Å². The minimum absolute atomic E-state index is 0.0333. The first-order chi connectivity index (χ1) is 27.5. The van der Waals surface area contributed by atoms with Gasteiger partial charge in [-0.2, -0.15) is 5.10 Å². The van der Waals surface area contributed by atoms with E-state index < -0.39 is 18.0 Å². The van der Waals surface area contributed by atoms with Crippen molar-refractivity contribution in [2.45, 2.75) is 26.0 Å². The van der Waals surface area contributed by atoms with Crippen molar-refractivity contribution in [2.75, 3.05) is 53.0 Å². The number of rotatable bonds is 11. The van der Waals surface area contributed by atoms with Crippen LogP contribution in [0.4, 0.5) is 10.5 Å². The number of amides is 1. The Labute approximate surface area is 327 Å². The molecule has 1 aliphatic heterocycles. The van der Waals surface area contributed by atoms with Gasteiger partial charge in [-0.05, 0) is 71.6 Å². The first kappa shape index (κ1) is 38.3. The molecule has 4 aromatic carbocycles. The van der Waals surface area contributed by atoms with Gasteiger partial charge in [0.1, 0.15) is 17.2 Å². The molecule has 1 atom stereocenters. The van der Waals surface area contributed by atoms with E-state index >= 15 is 0 Å². The van der Waals surface area contributed by atoms with Crippen LogP contribution >= 0.6 is 0 Å². The number of benzene rings is 4. The number of aromatic amines is 1. The SMILES string of the molecule is COc1cc(-c2oncc2-c2cccc(OC(=O)N3CCN(c4ccc(-n5c(-c6cc(C(C)C)c(O)cc6O)n[nH]c5=O)cc4)CC3OC)c2)cc(OC)c1OC. The summed E-state index contributed by atoms with van der Waals surface area (Å²) >= 11 is 0. The molecule has 6 aromatic rings. The average Bonchev–Trinajstić information content (AvgIpc) is 3.87. The Kier molecular flexibility index (Phi) is 10.8. The molecule has 1 unspecified atom stereocenters. The summed E-state index contributed by atoms with van der Waals surface area (Å²) in [4.78, 5) is 30.1. The Morgan fingerprint density at radius 3 is 2.25 bits per heavy atom. The molecule has 1 fully saturated rings. The molecule has 1 saturated heterocycles. The summed E-state index contributed by atoms with van der Waals surface area (Å²) in [5.74, 6) is 2.04. The molecule has 16 heteroatoms. The summed E-state index contributed by atoms with van der Waals surface area (Å²) in [6.07, 6.45) is 0.380. The lowest BCUT2D eigenvalue weighted by molar-refractivity contribution is -0.0234. The Hall–Kier alpha value is -6.94. The first-order valence-electron chi connectivity index (χ1n) is 18.0. The van der Waals surface area contributed by atoms with Gasteiger partial charge in [0.2, 0.25) is 5.75 Å². The van der Waals surface area contributed by atoms with Crippen LogP contribution in [0.25, 0.3) is 39.5 Å². The zero-order chi connectivity index (χ0) is 40.4. The molecule has 296 valence electrons. The van der Waals surface area contributed by atoms with Crippen molar-refractivity contribution in [1.82, 2.24) is 24.8 Å². The van der Waals surface area contributed by atoms with Crippen LogP contribution in [-0.4, -0.2) is 95.4 Å². The van der Waals surface area contributed by atoms with E-state index in [0.717, 1.165) is 5.69 Å². The number of nitrogens with one attached hydrogen (secondary N) is 1. The number of phenolic OH excluding ortho intramolecular Hbond substituents is 2. The van der Waals surface area contributed by atoms with E-state index in [1.54, 1.807) is 54.7 Å². The van der Waals surface area contributed by atoms with Gasteiger partial charge < -0.3 is 43.3 Å². The fourth-order valence-corrected chi connectivity index (χ4v) is 6.91. The first-order valence-corrected chi connectivity index (χ1v) is 18.0. The van der Waals surface area contributed by atoms with Crippen molar-refractivity contribution < 1.29 is 43.2 Å². The van der Waals surface area contributed by atoms with Crippen LogP contribution < -0.4 is 29.5 Å². The maximum atomic E-state index is 13.6. The third kappa shape index (κ3) is 7.41. The number of methoxy groups -OCH3 is 4. The molecule has 0 radical (unpaired) electrons. The number of nitrogens with zero attached hydrogens (tertiary/aromatic N) is 5. The second-order valence-corrected chi connectivity index (χ2v) is 13.5. The van der Waals surface area contributed by atoms with Gasteiger partial charge in [0.25, 0.3) is 0 Å². The van der Waals surface area contributed by atoms with Crippen LogP contribution in [0.15, 0.2) is 88.3 Å². The van der Waals surface area contributed by atoms with Crippen LogP contribution in [-0.2, 0) is 4.74 Å². The lowest BCUT2D eigenvalue weighted by Gasteiger charge is -2.40. The molecule has 16 nitrogen and oxygen atoms in total. The van der Waals surface area contributed by atoms with Gasteiger partial charge in [-0.25, -0.2) is 19.3 Å². The summed E-state index contributed by atoms with van der Waals surface area (Å²) < 4.78 is 35.2. The summed E-state index contributed by atoms with van der Waals surface area (Å²) in [5, 5.41) is 31.7. The smallest absolute Gasteiger partial charge is 0.417 e. The number of aromatic hydroxyl groups is 2. The standard InChI is InChI=1S/C41H42N6O10/c1-23(2)29-19-30(33(49)20-32(29)48)39-43-44-40(50)47(39)27-12-10-26(11-13-27)45-14-15-46(36(22-45)54-5)41(51)56-28-9-7-8-24(16-28)31-21-42-57-37(31)25-17-34(52-3)38(55-6)35(18-25)53-4/h7-13,16-21,23,36,48-49H,14-15,22H2,1-6H3,(H,44,50). The van der Waals surface area contributed by atoms with E-state index in [9.17, 15) is 19.8 Å². The molecule has 57 heavy (non-hydrogen) atoms. The Bertz CT molecular complexity index is 2430. The minimum Gasteiger partial charge on any atom is -0.508 e. The van der Waals surface area contributed by atoms with Gasteiger partial charge in [-0.3, -0.25) is 4.90 Å². The van der Waals surface area contributed by atoms with Crippen LogP contribution in [0.2, 0.25) is 0 Å². The number of phenols is 2. The van der Waals surface area contributed by atoms with Crippen molar-refractivity contribution in [3.63, 3.8) is 0 Å². The van der Waals surface area contributed by atoms with Gasteiger partial charge in [0, 0.05) is 43.1 Å². The van der Waals surface area contributed by atoms with Gasteiger partial charge in [-0.1, -0.05) is 31.1 Å². The predicted octanol–water partition coefficient (Wildman–Crippen LogP) is 6.40. The predicted molar refractivity (Wildman–Crippen MR) is 210 cm³/mol. The maximum Gasteiger partial charge on any atom is 0.417 e. The third-order valence-corrected chi connectivity index (χ3v) is 9.84. The Balaban J connectivity index is 1.05. The van der Waals surface area contributed by atoms with Crippen LogP contribution in [0.5, 0.6) is 34.5 Å². The molecule has 0 saturated carbocycles. The minimum atomic E-state index is -0.630. The summed E-state index contributed by atoms with van der Waals surface area (Å²) in [6.45, 7) is 4.96. The molecule has 7 rings (SSSR count). The number of carbonyl (C=O) groups excluding carboxylic acids is 1. The topological polar surface area (TPSA) is 187 Å². The maximum absolute atomic E-state index is 13.6. The fourth-order valence-electron chi connectivity index (χ4n) is 6.91. The number of hydrogen-bond acceptors (Lipinski definition) is 13. The number of anilines is 1. The molecule has 3 N–H and O–H groups in total. The van der Waals surface area contributed by atoms with E-state index in [2.05, 4.69) is 20.3 Å². The van der Waals surface area contributed by atoms with Crippen molar-refractivity contribution in [3.05, 3.63) is 95.0 Å². The lowest BCUT2D eigenvalue weighted by Crippen LogP contribution is -2.56. The second-order valence-electron chi connectivity index (χ2n) is 13.5. The zero-order valence-corrected chi connectivity index (χ0v) is 32.2. The fraction of sp³-hybridized carbons (Fsp3) is 0.268. The second kappa shape index (κ2) is 16.0. The normalized spacial score (nSPS) is 14.2. The van der Waals surface area contributed by atoms with Gasteiger partial charge in [-0.15, -0.1) is 0 Å². The van der Waals surface area contributed by atoms with E-state index in [1.807, 2.05) is 32.0 Å². The monoisotopic (exact) mass is 778 g/mol. The number of ether oxygens (including phenoxy) is 5. The van der Waals surface area contributed by atoms with Crippen LogP contribution in [0.3, 0.4) is 0 Å². The number of hydrogen-bond donors (Lipinski definition) is 3. The molecule has 1 amide bonds. The highest BCUT2D eigenvalue weighted by Crippen LogP contribution is 2.44. The summed E-state index contributed by atoms with van der Waals surface area (Å²) in [7, 11) is 6.13. The van der Waals surface area contributed by atoms with E-state index in [-0.39, 0.29) is 23.2 Å².